The van der Waals surface area contributed by atoms with Crippen molar-refractivity contribution < 1.29 is 14.1 Å². The molecule has 0 aliphatic rings. The van der Waals surface area contributed by atoms with Gasteiger partial charge in [0.05, 0.1) is 25.3 Å². The molecule has 1 heterocycles. The molecule has 1 amide bonds. The predicted molar refractivity (Wildman–Crippen MR) is 95.1 cm³/mol. The summed E-state index contributed by atoms with van der Waals surface area (Å²) in [6.07, 6.45) is 0.0175. The number of nitrogens with one attached hydrogen (secondary N) is 1. The Balaban J connectivity index is 1.69. The van der Waals surface area contributed by atoms with Gasteiger partial charge in [-0.2, -0.15) is 5.26 Å². The third kappa shape index (κ3) is 3.90. The van der Waals surface area contributed by atoms with Crippen LogP contribution in [0.15, 0.2) is 65.2 Å². The van der Waals surface area contributed by atoms with Crippen molar-refractivity contribution in [1.29, 1.82) is 5.26 Å². The Morgan fingerprint density at radius 3 is 2.69 bits per heavy atom. The van der Waals surface area contributed by atoms with Crippen LogP contribution in [0.2, 0.25) is 0 Å². The van der Waals surface area contributed by atoms with Gasteiger partial charge in [-0.05, 0) is 6.07 Å². The molecule has 0 aliphatic carbocycles. The van der Waals surface area contributed by atoms with Crippen molar-refractivity contribution in [2.24, 2.45) is 0 Å². The van der Waals surface area contributed by atoms with Crippen LogP contribution in [0.5, 0.6) is 5.75 Å². The first-order valence-electron chi connectivity index (χ1n) is 8.04. The van der Waals surface area contributed by atoms with E-state index in [4.69, 9.17) is 9.26 Å². The van der Waals surface area contributed by atoms with Crippen LogP contribution in [-0.2, 0) is 11.2 Å². The SMILES string of the molecule is COc1ccccc1[C@H](C#N)NC(=O)Cc1cc(-c2ccccc2)on1. The Kier molecular flexibility index (Phi) is 5.30. The first-order chi connectivity index (χ1) is 12.7. The maximum Gasteiger partial charge on any atom is 0.227 e. The van der Waals surface area contributed by atoms with E-state index < -0.39 is 6.04 Å². The number of carbonyl (C=O) groups is 1. The van der Waals surface area contributed by atoms with E-state index in [1.807, 2.05) is 30.3 Å². The molecule has 0 spiro atoms. The third-order valence-electron chi connectivity index (χ3n) is 3.84. The maximum atomic E-state index is 12.3. The van der Waals surface area contributed by atoms with Gasteiger partial charge in [-0.1, -0.05) is 53.7 Å². The fraction of sp³-hybridized carbons (Fsp3) is 0.150. The Labute approximate surface area is 151 Å². The second kappa shape index (κ2) is 7.99. The first kappa shape index (κ1) is 17.2. The van der Waals surface area contributed by atoms with E-state index in [0.29, 0.717) is 22.8 Å². The van der Waals surface area contributed by atoms with Gasteiger partial charge in [0.25, 0.3) is 0 Å². The summed E-state index contributed by atoms with van der Waals surface area (Å²) >= 11 is 0. The molecule has 6 nitrogen and oxygen atoms in total. The van der Waals surface area contributed by atoms with Crippen LogP contribution < -0.4 is 10.1 Å². The molecule has 0 unspecified atom stereocenters. The topological polar surface area (TPSA) is 88.1 Å². The summed E-state index contributed by atoms with van der Waals surface area (Å²) in [5.74, 6) is 0.817. The van der Waals surface area contributed by atoms with E-state index in [1.165, 1.54) is 7.11 Å². The van der Waals surface area contributed by atoms with E-state index in [1.54, 1.807) is 30.3 Å². The van der Waals surface area contributed by atoms with Gasteiger partial charge in [0, 0.05) is 17.2 Å². The number of amides is 1. The van der Waals surface area contributed by atoms with E-state index in [0.717, 1.165) is 5.56 Å². The van der Waals surface area contributed by atoms with E-state index in [9.17, 15) is 10.1 Å². The van der Waals surface area contributed by atoms with Crippen LogP contribution in [0, 0.1) is 11.3 Å². The molecule has 0 aliphatic heterocycles. The number of rotatable bonds is 6. The van der Waals surface area contributed by atoms with Crippen LogP contribution >= 0.6 is 0 Å². The lowest BCUT2D eigenvalue weighted by Crippen LogP contribution is -2.29. The van der Waals surface area contributed by atoms with Crippen LogP contribution in [0.1, 0.15) is 17.3 Å². The number of methoxy groups -OCH3 is 1. The summed E-state index contributed by atoms with van der Waals surface area (Å²) < 4.78 is 10.5. The number of benzene rings is 2. The molecule has 0 saturated heterocycles. The average molecular weight is 347 g/mol. The minimum absolute atomic E-state index is 0.0175. The summed E-state index contributed by atoms with van der Waals surface area (Å²) in [5, 5.41) is 16.0. The lowest BCUT2D eigenvalue weighted by molar-refractivity contribution is -0.120. The Bertz CT molecular complexity index is 929. The normalized spacial score (nSPS) is 11.4. The molecular weight excluding hydrogens is 330 g/mol. The predicted octanol–water partition coefficient (Wildman–Crippen LogP) is 3.27. The largest absolute Gasteiger partial charge is 0.496 e. The highest BCUT2D eigenvalue weighted by atomic mass is 16.5. The van der Waals surface area contributed by atoms with E-state index >= 15 is 0 Å². The van der Waals surface area contributed by atoms with Gasteiger partial charge >= 0.3 is 0 Å². The smallest absolute Gasteiger partial charge is 0.227 e. The number of aromatic nitrogens is 1. The molecule has 0 saturated carbocycles. The zero-order valence-electron chi connectivity index (χ0n) is 14.2. The number of para-hydroxylation sites is 1. The number of nitrogens with zero attached hydrogens (tertiary/aromatic N) is 2. The maximum absolute atomic E-state index is 12.3. The molecule has 3 rings (SSSR count). The van der Waals surface area contributed by atoms with Crippen molar-refractivity contribution in [3.63, 3.8) is 0 Å². The van der Waals surface area contributed by atoms with Crippen molar-refractivity contribution >= 4 is 5.91 Å². The Hall–Kier alpha value is -3.59. The number of hydrogen-bond acceptors (Lipinski definition) is 5. The standard InChI is InChI=1S/C20H17N3O3/c1-25-18-10-6-5-9-16(18)17(13-21)22-20(24)12-15-11-19(26-23-15)14-7-3-2-4-8-14/h2-11,17H,12H2,1H3,(H,22,24)/t17-/m0/s1. The molecule has 6 heteroatoms. The lowest BCUT2D eigenvalue weighted by Gasteiger charge is -2.14. The third-order valence-corrected chi connectivity index (χ3v) is 3.84. The van der Waals surface area contributed by atoms with Crippen molar-refractivity contribution in [1.82, 2.24) is 10.5 Å². The fourth-order valence-electron chi connectivity index (χ4n) is 2.59. The van der Waals surface area contributed by atoms with Crippen LogP contribution in [0.25, 0.3) is 11.3 Å². The van der Waals surface area contributed by atoms with Crippen LogP contribution in [-0.4, -0.2) is 18.2 Å². The molecule has 0 radical (unpaired) electrons. The second-order valence-corrected chi connectivity index (χ2v) is 5.60. The van der Waals surface area contributed by atoms with Gasteiger partial charge in [0.1, 0.15) is 11.8 Å². The fourth-order valence-corrected chi connectivity index (χ4v) is 2.59. The van der Waals surface area contributed by atoms with Crippen molar-refractivity contribution in [3.05, 3.63) is 71.9 Å². The van der Waals surface area contributed by atoms with Gasteiger partial charge in [0.2, 0.25) is 5.91 Å². The van der Waals surface area contributed by atoms with Crippen molar-refractivity contribution in [2.75, 3.05) is 7.11 Å². The number of nitriles is 1. The second-order valence-electron chi connectivity index (χ2n) is 5.60. The molecule has 1 N–H and O–H groups in total. The van der Waals surface area contributed by atoms with Crippen molar-refractivity contribution in [3.8, 4) is 23.1 Å². The highest BCUT2D eigenvalue weighted by molar-refractivity contribution is 5.79. The summed E-state index contributed by atoms with van der Waals surface area (Å²) in [7, 11) is 1.52. The Morgan fingerprint density at radius 2 is 1.96 bits per heavy atom. The van der Waals surface area contributed by atoms with Crippen molar-refractivity contribution in [2.45, 2.75) is 12.5 Å². The molecule has 3 aromatic rings. The highest BCUT2D eigenvalue weighted by Crippen LogP contribution is 2.24. The summed E-state index contributed by atoms with van der Waals surface area (Å²) in [5.41, 5.74) is 1.99. The zero-order chi connectivity index (χ0) is 18.4. The lowest BCUT2D eigenvalue weighted by atomic mass is 10.1. The highest BCUT2D eigenvalue weighted by Gasteiger charge is 2.19. The quantitative estimate of drug-likeness (QED) is 0.739. The van der Waals surface area contributed by atoms with Gasteiger partial charge in [0.15, 0.2) is 5.76 Å². The van der Waals surface area contributed by atoms with Crippen LogP contribution in [0.3, 0.4) is 0 Å². The van der Waals surface area contributed by atoms with E-state index in [2.05, 4.69) is 16.5 Å². The Morgan fingerprint density at radius 1 is 1.23 bits per heavy atom. The number of ether oxygens (including phenoxy) is 1. The molecule has 0 fully saturated rings. The minimum atomic E-state index is -0.806. The molecule has 130 valence electrons. The zero-order valence-corrected chi connectivity index (χ0v) is 14.2. The molecule has 1 atom stereocenters. The van der Waals surface area contributed by atoms with Gasteiger partial charge in [-0.25, -0.2) is 0 Å². The molecule has 0 bridgehead atoms. The molecular formula is C20H17N3O3. The first-order valence-corrected chi connectivity index (χ1v) is 8.04. The monoisotopic (exact) mass is 347 g/mol. The minimum Gasteiger partial charge on any atom is -0.496 e. The summed E-state index contributed by atoms with van der Waals surface area (Å²) in [6.45, 7) is 0. The molecule has 1 aromatic heterocycles. The van der Waals surface area contributed by atoms with Gasteiger partial charge in [-0.3, -0.25) is 4.79 Å². The van der Waals surface area contributed by atoms with Gasteiger partial charge < -0.3 is 14.6 Å². The van der Waals surface area contributed by atoms with Gasteiger partial charge in [-0.15, -0.1) is 0 Å². The molecule has 26 heavy (non-hydrogen) atoms. The number of carbonyl (C=O) groups excluding carboxylic acids is 1. The molecule has 2 aromatic carbocycles. The summed E-state index contributed by atoms with van der Waals surface area (Å²) in [4.78, 5) is 12.3. The average Bonchev–Trinajstić information content (AvgIpc) is 3.15. The van der Waals surface area contributed by atoms with E-state index in [-0.39, 0.29) is 12.3 Å². The van der Waals surface area contributed by atoms with Crippen LogP contribution in [0.4, 0.5) is 0 Å². The number of hydrogen-bond donors (Lipinski definition) is 1. The summed E-state index contributed by atoms with van der Waals surface area (Å²) in [6, 6.07) is 19.6.